The van der Waals surface area contributed by atoms with E-state index in [0.717, 1.165) is 18.7 Å². The van der Waals surface area contributed by atoms with Crippen molar-refractivity contribution >= 4 is 17.3 Å². The number of carboxylic acid groups (broad SMARTS) is 1. The second kappa shape index (κ2) is 7.16. The van der Waals surface area contributed by atoms with Gasteiger partial charge in [0, 0.05) is 13.1 Å². The molecule has 3 nitrogen and oxygen atoms in total. The number of aromatic carboxylic acids is 1. The van der Waals surface area contributed by atoms with Crippen LogP contribution < -0.4 is 17.7 Å². The summed E-state index contributed by atoms with van der Waals surface area (Å²) in [6, 6.07) is 9.02. The van der Waals surface area contributed by atoms with Gasteiger partial charge in [-0.05, 0) is 40.1 Å². The molecule has 0 saturated carbocycles. The van der Waals surface area contributed by atoms with Crippen molar-refractivity contribution in [2.24, 2.45) is 0 Å². The summed E-state index contributed by atoms with van der Waals surface area (Å²) in [6.45, 7) is 1.58. The zero-order valence-corrected chi connectivity index (χ0v) is 11.2. The molecule has 0 aliphatic rings. The summed E-state index contributed by atoms with van der Waals surface area (Å²) >= 11 is 1.69. The van der Waals surface area contributed by atoms with E-state index in [9.17, 15) is 4.79 Å². The number of hydrogen-bond donors (Lipinski definition) is 2. The molecule has 0 aliphatic carbocycles. The Balaban J connectivity index is 0.00000162. The third-order valence-corrected chi connectivity index (χ3v) is 3.17. The monoisotopic (exact) mass is 282 g/mol. The molecule has 0 unspecified atom stereocenters. The Hall–Kier alpha value is -1.36. The molecule has 0 saturated heterocycles. The number of carbonyl (C=O) groups is 1. The molecule has 0 spiro atoms. The van der Waals surface area contributed by atoms with E-state index in [-0.39, 0.29) is 12.4 Å². The smallest absolute Gasteiger partial charge is 0.335 e. The molecule has 2 N–H and O–H groups in total. The molecule has 0 aliphatic heterocycles. The fourth-order valence-electron chi connectivity index (χ4n) is 1.51. The van der Waals surface area contributed by atoms with E-state index < -0.39 is 5.97 Å². The maximum atomic E-state index is 10.7. The van der Waals surface area contributed by atoms with Crippen LogP contribution in [-0.4, -0.2) is 11.1 Å². The van der Waals surface area contributed by atoms with E-state index in [0.29, 0.717) is 5.56 Å². The standard InChI is InChI=1S/C13H13NO2S.ClH/c15-13(16)12-3-1-10(2-4-12)7-14-8-11-5-6-17-9-11;/h1-6,9,14H,7-8H2,(H,15,16);1H/p-1. The van der Waals surface area contributed by atoms with Crippen molar-refractivity contribution in [3.05, 3.63) is 57.8 Å². The van der Waals surface area contributed by atoms with E-state index in [1.807, 2.05) is 12.1 Å². The molecule has 0 amide bonds. The molecule has 1 aromatic carbocycles. The van der Waals surface area contributed by atoms with Crippen LogP contribution in [0.3, 0.4) is 0 Å². The van der Waals surface area contributed by atoms with E-state index in [1.54, 1.807) is 23.5 Å². The van der Waals surface area contributed by atoms with Gasteiger partial charge in [-0.25, -0.2) is 4.79 Å². The summed E-state index contributed by atoms with van der Waals surface area (Å²) in [5.41, 5.74) is 2.69. The van der Waals surface area contributed by atoms with Gasteiger partial charge in [-0.15, -0.1) is 0 Å². The zero-order chi connectivity index (χ0) is 12.1. The van der Waals surface area contributed by atoms with E-state index in [2.05, 4.69) is 22.1 Å². The fourth-order valence-corrected chi connectivity index (χ4v) is 2.18. The molecule has 18 heavy (non-hydrogen) atoms. The predicted octanol–water partition coefficient (Wildman–Crippen LogP) is -0.260. The highest BCUT2D eigenvalue weighted by atomic mass is 35.5. The summed E-state index contributed by atoms with van der Waals surface area (Å²) in [5, 5.41) is 16.2. The summed E-state index contributed by atoms with van der Waals surface area (Å²) < 4.78 is 0. The van der Waals surface area contributed by atoms with Gasteiger partial charge >= 0.3 is 5.97 Å². The molecule has 0 radical (unpaired) electrons. The van der Waals surface area contributed by atoms with Crippen LogP contribution in [0.1, 0.15) is 21.5 Å². The van der Waals surface area contributed by atoms with Gasteiger partial charge in [0.15, 0.2) is 0 Å². The SMILES string of the molecule is O=C(O)c1ccc(CNCc2ccsc2)cc1.[Cl-]. The normalized spacial score (nSPS) is 9.78. The van der Waals surface area contributed by atoms with Crippen molar-refractivity contribution in [1.29, 1.82) is 0 Å². The zero-order valence-electron chi connectivity index (χ0n) is 9.60. The van der Waals surface area contributed by atoms with Crippen LogP contribution in [0.2, 0.25) is 0 Å². The molecular weight excluding hydrogens is 270 g/mol. The topological polar surface area (TPSA) is 49.3 Å². The summed E-state index contributed by atoms with van der Waals surface area (Å²) in [6.07, 6.45) is 0. The maximum absolute atomic E-state index is 10.7. The van der Waals surface area contributed by atoms with Crippen LogP contribution in [0.15, 0.2) is 41.1 Å². The molecule has 2 rings (SSSR count). The molecule has 1 heterocycles. The highest BCUT2D eigenvalue weighted by Gasteiger charge is 2.01. The lowest BCUT2D eigenvalue weighted by atomic mass is 10.1. The number of halogens is 1. The van der Waals surface area contributed by atoms with Crippen LogP contribution >= 0.6 is 11.3 Å². The average molecular weight is 283 g/mol. The Labute approximate surface area is 116 Å². The molecule has 1 aromatic heterocycles. The molecule has 0 fully saturated rings. The Kier molecular flexibility index (Phi) is 5.85. The van der Waals surface area contributed by atoms with Crippen molar-refractivity contribution < 1.29 is 22.3 Å². The minimum absolute atomic E-state index is 0. The Morgan fingerprint density at radius 1 is 1.11 bits per heavy atom. The predicted molar refractivity (Wildman–Crippen MR) is 68.3 cm³/mol. The van der Waals surface area contributed by atoms with Gasteiger partial charge in [-0.2, -0.15) is 11.3 Å². The number of carboxylic acids is 1. The number of nitrogens with one attached hydrogen (secondary N) is 1. The molecule has 0 bridgehead atoms. The fraction of sp³-hybridized carbons (Fsp3) is 0.154. The van der Waals surface area contributed by atoms with Gasteiger partial charge in [0.1, 0.15) is 0 Å². The summed E-state index contributed by atoms with van der Waals surface area (Å²) in [4.78, 5) is 10.7. The molecular formula is C13H13ClNO2S-. The highest BCUT2D eigenvalue weighted by Crippen LogP contribution is 2.07. The number of hydrogen-bond acceptors (Lipinski definition) is 3. The second-order valence-corrected chi connectivity index (χ2v) is 4.52. The van der Waals surface area contributed by atoms with E-state index >= 15 is 0 Å². The minimum atomic E-state index is -0.886. The maximum Gasteiger partial charge on any atom is 0.335 e. The third-order valence-electron chi connectivity index (χ3n) is 2.44. The van der Waals surface area contributed by atoms with Crippen LogP contribution in [0, 0.1) is 0 Å². The largest absolute Gasteiger partial charge is 1.00 e. The lowest BCUT2D eigenvalue weighted by Gasteiger charge is -2.04. The number of thiophene rings is 1. The first-order chi connectivity index (χ1) is 8.25. The summed E-state index contributed by atoms with van der Waals surface area (Å²) in [5.74, 6) is -0.886. The summed E-state index contributed by atoms with van der Waals surface area (Å²) in [7, 11) is 0. The van der Waals surface area contributed by atoms with Crippen LogP contribution in [0.4, 0.5) is 0 Å². The van der Waals surface area contributed by atoms with Crippen molar-refractivity contribution in [3.63, 3.8) is 0 Å². The first-order valence-corrected chi connectivity index (χ1v) is 6.24. The van der Waals surface area contributed by atoms with Crippen molar-refractivity contribution in [2.75, 3.05) is 0 Å². The molecule has 2 aromatic rings. The van der Waals surface area contributed by atoms with Gasteiger partial charge in [0.2, 0.25) is 0 Å². The molecule has 5 heteroatoms. The van der Waals surface area contributed by atoms with Gasteiger partial charge in [0.05, 0.1) is 5.56 Å². The number of rotatable bonds is 5. The van der Waals surface area contributed by atoms with Crippen LogP contribution in [0.5, 0.6) is 0 Å². The van der Waals surface area contributed by atoms with Gasteiger partial charge in [0.25, 0.3) is 0 Å². The van der Waals surface area contributed by atoms with E-state index in [1.165, 1.54) is 5.56 Å². The lowest BCUT2D eigenvalue weighted by molar-refractivity contribution is -0.0000190. The Morgan fingerprint density at radius 3 is 2.33 bits per heavy atom. The lowest BCUT2D eigenvalue weighted by Crippen LogP contribution is -3.00. The molecule has 96 valence electrons. The average Bonchev–Trinajstić information content (AvgIpc) is 2.83. The van der Waals surface area contributed by atoms with Crippen LogP contribution in [-0.2, 0) is 13.1 Å². The van der Waals surface area contributed by atoms with Crippen LogP contribution in [0.25, 0.3) is 0 Å². The first kappa shape index (κ1) is 14.7. The minimum Gasteiger partial charge on any atom is -1.00 e. The molecule has 0 atom stereocenters. The van der Waals surface area contributed by atoms with Gasteiger partial charge in [-0.1, -0.05) is 12.1 Å². The van der Waals surface area contributed by atoms with Crippen molar-refractivity contribution in [3.8, 4) is 0 Å². The highest BCUT2D eigenvalue weighted by molar-refractivity contribution is 7.07. The third kappa shape index (κ3) is 4.14. The van der Waals surface area contributed by atoms with E-state index in [4.69, 9.17) is 5.11 Å². The number of benzene rings is 1. The van der Waals surface area contributed by atoms with Gasteiger partial charge < -0.3 is 22.8 Å². The Bertz CT molecular complexity index is 482. The van der Waals surface area contributed by atoms with Gasteiger partial charge in [-0.3, -0.25) is 0 Å². The quantitative estimate of drug-likeness (QED) is 0.795. The van der Waals surface area contributed by atoms with Crippen molar-refractivity contribution in [1.82, 2.24) is 5.32 Å². The second-order valence-electron chi connectivity index (χ2n) is 3.74. The Morgan fingerprint density at radius 2 is 1.78 bits per heavy atom. The first-order valence-electron chi connectivity index (χ1n) is 5.30. The van der Waals surface area contributed by atoms with Crippen molar-refractivity contribution in [2.45, 2.75) is 13.1 Å².